The second kappa shape index (κ2) is 7.46. The Hall–Kier alpha value is -0.320. The minimum absolute atomic E-state index is 0.741. The molecule has 1 aliphatic rings. The molecular formula is C14H20Cl2N2O. The highest BCUT2D eigenvalue weighted by Crippen LogP contribution is 2.25. The minimum atomic E-state index is 0.741. The van der Waals surface area contributed by atoms with E-state index in [4.69, 9.17) is 27.9 Å². The van der Waals surface area contributed by atoms with Crippen LogP contribution >= 0.6 is 23.2 Å². The zero-order valence-corrected chi connectivity index (χ0v) is 12.8. The Labute approximate surface area is 125 Å². The number of hydrogen-bond acceptors (Lipinski definition) is 3. The van der Waals surface area contributed by atoms with Crippen LogP contribution in [0.4, 0.5) is 0 Å². The van der Waals surface area contributed by atoms with E-state index in [9.17, 15) is 0 Å². The monoisotopic (exact) mass is 302 g/mol. The Morgan fingerprint density at radius 1 is 1.21 bits per heavy atom. The zero-order valence-electron chi connectivity index (χ0n) is 11.2. The Bertz CT molecular complexity index is 388. The molecule has 5 heteroatoms. The average molecular weight is 303 g/mol. The average Bonchev–Trinajstić information content (AvgIpc) is 2.42. The van der Waals surface area contributed by atoms with Gasteiger partial charge in [-0.2, -0.15) is 0 Å². The third-order valence-electron chi connectivity index (χ3n) is 3.39. The van der Waals surface area contributed by atoms with Crippen molar-refractivity contribution in [1.29, 1.82) is 0 Å². The molecule has 0 aliphatic carbocycles. The molecule has 0 spiro atoms. The highest BCUT2D eigenvalue weighted by Gasteiger charge is 2.12. The first-order valence-corrected chi connectivity index (χ1v) is 7.34. The first-order chi connectivity index (χ1) is 9.16. The van der Waals surface area contributed by atoms with E-state index in [0.29, 0.717) is 0 Å². The van der Waals surface area contributed by atoms with Crippen LogP contribution in [-0.4, -0.2) is 56.2 Å². The molecule has 0 saturated carbocycles. The van der Waals surface area contributed by atoms with E-state index in [1.807, 2.05) is 18.2 Å². The van der Waals surface area contributed by atoms with Gasteiger partial charge in [-0.15, -0.1) is 0 Å². The molecule has 106 valence electrons. The first-order valence-electron chi connectivity index (χ1n) is 6.58. The van der Waals surface area contributed by atoms with Crippen LogP contribution < -0.4 is 0 Å². The molecule has 1 heterocycles. The number of likely N-dealkylation sites (N-methyl/N-ethyl adjacent to an activating group) is 1. The summed E-state index contributed by atoms with van der Waals surface area (Å²) in [6, 6.07) is 5.65. The summed E-state index contributed by atoms with van der Waals surface area (Å²) in [6.45, 7) is 6.59. The van der Waals surface area contributed by atoms with Crippen LogP contribution in [0.25, 0.3) is 0 Å². The summed E-state index contributed by atoms with van der Waals surface area (Å²) in [7, 11) is 2.10. The van der Waals surface area contributed by atoms with Crippen molar-refractivity contribution in [3.05, 3.63) is 33.8 Å². The lowest BCUT2D eigenvalue weighted by Crippen LogP contribution is -2.40. The van der Waals surface area contributed by atoms with Crippen molar-refractivity contribution in [3.63, 3.8) is 0 Å². The van der Waals surface area contributed by atoms with Gasteiger partial charge in [-0.25, -0.2) is 0 Å². The third kappa shape index (κ3) is 4.62. The standard InChI is InChI=1S/C14H20Cl2N2O/c1-17(5-6-18-7-9-19-10-8-18)11-12-13(15)3-2-4-14(12)16/h2-4H,5-11H2,1H3. The highest BCUT2D eigenvalue weighted by atomic mass is 35.5. The minimum Gasteiger partial charge on any atom is -0.379 e. The second-order valence-electron chi connectivity index (χ2n) is 4.89. The van der Waals surface area contributed by atoms with Crippen molar-refractivity contribution in [2.45, 2.75) is 6.54 Å². The smallest absolute Gasteiger partial charge is 0.0594 e. The lowest BCUT2D eigenvalue weighted by Gasteiger charge is -2.28. The number of hydrogen-bond donors (Lipinski definition) is 0. The van der Waals surface area contributed by atoms with Gasteiger partial charge < -0.3 is 9.64 Å². The Balaban J connectivity index is 1.82. The summed E-state index contributed by atoms with van der Waals surface area (Å²) in [4.78, 5) is 4.68. The van der Waals surface area contributed by atoms with Gasteiger partial charge in [0.15, 0.2) is 0 Å². The summed E-state index contributed by atoms with van der Waals surface area (Å²) in [6.07, 6.45) is 0. The fourth-order valence-electron chi connectivity index (χ4n) is 2.17. The quantitative estimate of drug-likeness (QED) is 0.832. The van der Waals surface area contributed by atoms with Gasteiger partial charge in [0.1, 0.15) is 0 Å². The maximum absolute atomic E-state index is 6.18. The molecule has 0 radical (unpaired) electrons. The van der Waals surface area contributed by atoms with Gasteiger partial charge in [-0.3, -0.25) is 4.90 Å². The van der Waals surface area contributed by atoms with E-state index < -0.39 is 0 Å². The Morgan fingerprint density at radius 3 is 2.47 bits per heavy atom. The van der Waals surface area contributed by atoms with Gasteiger partial charge >= 0.3 is 0 Å². The maximum atomic E-state index is 6.18. The van der Waals surface area contributed by atoms with Crippen LogP contribution in [0.5, 0.6) is 0 Å². The number of benzene rings is 1. The number of rotatable bonds is 5. The molecule has 0 unspecified atom stereocenters. The van der Waals surface area contributed by atoms with Crippen molar-refractivity contribution in [2.75, 3.05) is 46.4 Å². The van der Waals surface area contributed by atoms with Crippen molar-refractivity contribution in [2.24, 2.45) is 0 Å². The van der Waals surface area contributed by atoms with E-state index >= 15 is 0 Å². The van der Waals surface area contributed by atoms with Crippen LogP contribution in [0.3, 0.4) is 0 Å². The molecule has 3 nitrogen and oxygen atoms in total. The Morgan fingerprint density at radius 2 is 1.84 bits per heavy atom. The molecule has 0 bridgehead atoms. The zero-order chi connectivity index (χ0) is 13.7. The third-order valence-corrected chi connectivity index (χ3v) is 4.10. The molecule has 19 heavy (non-hydrogen) atoms. The predicted octanol–water partition coefficient (Wildman–Crippen LogP) is 2.76. The van der Waals surface area contributed by atoms with Crippen LogP contribution in [0, 0.1) is 0 Å². The first kappa shape index (κ1) is 15.1. The highest BCUT2D eigenvalue weighted by molar-refractivity contribution is 6.35. The molecular weight excluding hydrogens is 283 g/mol. The topological polar surface area (TPSA) is 15.7 Å². The summed E-state index contributed by atoms with van der Waals surface area (Å²) >= 11 is 12.4. The summed E-state index contributed by atoms with van der Waals surface area (Å²) < 4.78 is 5.34. The summed E-state index contributed by atoms with van der Waals surface area (Å²) in [5.41, 5.74) is 1.01. The van der Waals surface area contributed by atoms with Gasteiger partial charge in [0.25, 0.3) is 0 Å². The van der Waals surface area contributed by atoms with Crippen molar-refractivity contribution >= 4 is 23.2 Å². The number of ether oxygens (including phenoxy) is 1. The summed E-state index contributed by atoms with van der Waals surface area (Å²) in [5.74, 6) is 0. The summed E-state index contributed by atoms with van der Waals surface area (Å²) in [5, 5.41) is 1.48. The molecule has 1 aliphatic heterocycles. The van der Waals surface area contributed by atoms with Crippen LogP contribution in [-0.2, 0) is 11.3 Å². The Kier molecular flexibility index (Phi) is 5.92. The molecule has 0 atom stereocenters. The van der Waals surface area contributed by atoms with Crippen molar-refractivity contribution in [3.8, 4) is 0 Å². The van der Waals surface area contributed by atoms with Crippen LogP contribution in [0.1, 0.15) is 5.56 Å². The molecule has 1 aromatic carbocycles. The van der Waals surface area contributed by atoms with Crippen molar-refractivity contribution < 1.29 is 4.74 Å². The number of nitrogens with zero attached hydrogens (tertiary/aromatic N) is 2. The van der Waals surface area contributed by atoms with Gasteiger partial charge in [-0.1, -0.05) is 29.3 Å². The molecule has 0 aromatic heterocycles. The molecule has 1 saturated heterocycles. The molecule has 0 N–H and O–H groups in total. The van der Waals surface area contributed by atoms with E-state index in [2.05, 4.69) is 16.8 Å². The van der Waals surface area contributed by atoms with E-state index in [1.165, 1.54) is 0 Å². The molecule has 1 fully saturated rings. The van der Waals surface area contributed by atoms with Gasteiger partial charge in [0.05, 0.1) is 13.2 Å². The van der Waals surface area contributed by atoms with E-state index in [-0.39, 0.29) is 0 Å². The van der Waals surface area contributed by atoms with Gasteiger partial charge in [-0.05, 0) is 19.2 Å². The van der Waals surface area contributed by atoms with Gasteiger partial charge in [0.2, 0.25) is 0 Å². The lowest BCUT2D eigenvalue weighted by atomic mass is 10.2. The van der Waals surface area contributed by atoms with E-state index in [0.717, 1.165) is 61.5 Å². The maximum Gasteiger partial charge on any atom is 0.0594 e. The largest absolute Gasteiger partial charge is 0.379 e. The van der Waals surface area contributed by atoms with E-state index in [1.54, 1.807) is 0 Å². The normalized spacial score (nSPS) is 17.1. The predicted molar refractivity (Wildman–Crippen MR) is 80.1 cm³/mol. The second-order valence-corrected chi connectivity index (χ2v) is 5.71. The lowest BCUT2D eigenvalue weighted by molar-refractivity contribution is 0.0342. The van der Waals surface area contributed by atoms with Crippen molar-refractivity contribution in [1.82, 2.24) is 9.80 Å². The fraction of sp³-hybridized carbons (Fsp3) is 0.571. The van der Waals surface area contributed by atoms with Gasteiger partial charge in [0, 0.05) is 48.3 Å². The number of halogens is 2. The fourth-order valence-corrected chi connectivity index (χ4v) is 2.69. The van der Waals surface area contributed by atoms with Crippen LogP contribution in [0.2, 0.25) is 10.0 Å². The SMILES string of the molecule is CN(CCN1CCOCC1)Cc1c(Cl)cccc1Cl. The molecule has 0 amide bonds. The molecule has 1 aromatic rings. The molecule has 2 rings (SSSR count). The number of morpholine rings is 1. The van der Waals surface area contributed by atoms with Crippen LogP contribution in [0.15, 0.2) is 18.2 Å².